The predicted molar refractivity (Wildman–Crippen MR) is 95.1 cm³/mol. The molecule has 0 radical (unpaired) electrons. The minimum absolute atomic E-state index is 0.130. The zero-order chi connectivity index (χ0) is 19.2. The Morgan fingerprint density at radius 1 is 1.08 bits per heavy atom. The summed E-state index contributed by atoms with van der Waals surface area (Å²) in [6.07, 6.45) is -1.69. The molecule has 1 N–H and O–H groups in total. The van der Waals surface area contributed by atoms with Crippen LogP contribution in [0.15, 0.2) is 4.99 Å². The lowest BCUT2D eigenvalue weighted by molar-refractivity contribution is -0.181. The normalized spacial score (nSPS) is 21.2. The number of likely N-dealkylation sites (tertiary alicyclic amines) is 1. The van der Waals surface area contributed by atoms with E-state index >= 15 is 0 Å². The van der Waals surface area contributed by atoms with E-state index in [-0.39, 0.29) is 5.91 Å². The third kappa shape index (κ3) is 5.75. The summed E-state index contributed by atoms with van der Waals surface area (Å²) in [5, 5.41) is 3.18. The van der Waals surface area contributed by atoms with Crippen LogP contribution in [0, 0.1) is 0 Å². The molecule has 2 rings (SSSR count). The van der Waals surface area contributed by atoms with Crippen molar-refractivity contribution in [2.75, 3.05) is 52.4 Å². The molecule has 9 heteroatoms. The van der Waals surface area contributed by atoms with E-state index in [1.54, 1.807) is 0 Å². The van der Waals surface area contributed by atoms with Gasteiger partial charge in [0.15, 0.2) is 5.96 Å². The van der Waals surface area contributed by atoms with Crippen molar-refractivity contribution in [2.45, 2.75) is 45.3 Å². The smallest absolute Gasteiger partial charge is 0.357 e. The number of carbonyl (C=O) groups is 1. The number of guanidine groups is 1. The highest BCUT2D eigenvalue weighted by Gasteiger charge is 2.41. The van der Waals surface area contributed by atoms with E-state index in [1.807, 2.05) is 16.7 Å². The summed E-state index contributed by atoms with van der Waals surface area (Å²) in [6.45, 7) is 7.58. The molecular weight excluding hydrogens is 347 g/mol. The molecule has 0 spiro atoms. The van der Waals surface area contributed by atoms with E-state index in [9.17, 15) is 18.0 Å². The lowest BCUT2D eigenvalue weighted by Gasteiger charge is -2.39. The average molecular weight is 377 g/mol. The average Bonchev–Trinajstić information content (AvgIpc) is 3.14. The highest BCUT2D eigenvalue weighted by Crippen LogP contribution is 2.25. The first-order valence-corrected chi connectivity index (χ1v) is 9.44. The van der Waals surface area contributed by atoms with Crippen molar-refractivity contribution in [1.29, 1.82) is 0 Å². The highest BCUT2D eigenvalue weighted by atomic mass is 19.4. The van der Waals surface area contributed by atoms with Gasteiger partial charge in [-0.05, 0) is 26.7 Å². The number of aliphatic imine (C=N–C) groups is 1. The fourth-order valence-electron chi connectivity index (χ4n) is 3.34. The van der Waals surface area contributed by atoms with Crippen LogP contribution in [0.1, 0.15) is 33.1 Å². The molecule has 2 fully saturated rings. The second kappa shape index (κ2) is 9.43. The number of hydrogen-bond donors (Lipinski definition) is 1. The van der Waals surface area contributed by atoms with Crippen molar-refractivity contribution in [2.24, 2.45) is 4.99 Å². The monoisotopic (exact) mass is 377 g/mol. The molecule has 1 atom stereocenters. The van der Waals surface area contributed by atoms with Gasteiger partial charge in [0.2, 0.25) is 5.91 Å². The quantitative estimate of drug-likeness (QED) is 0.583. The van der Waals surface area contributed by atoms with E-state index in [1.165, 1.54) is 11.8 Å². The number of piperazine rings is 1. The van der Waals surface area contributed by atoms with Gasteiger partial charge in [0.1, 0.15) is 6.04 Å². The molecule has 0 aliphatic carbocycles. The van der Waals surface area contributed by atoms with E-state index in [4.69, 9.17) is 0 Å². The molecular formula is C17H30F3N5O. The number of halogens is 3. The van der Waals surface area contributed by atoms with Gasteiger partial charge in [-0.3, -0.25) is 14.7 Å². The fraction of sp³-hybridized carbons (Fsp3) is 0.882. The van der Waals surface area contributed by atoms with Gasteiger partial charge < -0.3 is 15.1 Å². The Kier molecular flexibility index (Phi) is 7.55. The summed E-state index contributed by atoms with van der Waals surface area (Å²) < 4.78 is 38.6. The first-order chi connectivity index (χ1) is 12.3. The van der Waals surface area contributed by atoms with Gasteiger partial charge in [0, 0.05) is 52.2 Å². The largest absolute Gasteiger partial charge is 0.403 e. The molecule has 2 saturated heterocycles. The molecule has 150 valence electrons. The van der Waals surface area contributed by atoms with Gasteiger partial charge >= 0.3 is 6.18 Å². The Morgan fingerprint density at radius 3 is 2.23 bits per heavy atom. The number of amides is 1. The number of rotatable bonds is 5. The summed E-state index contributed by atoms with van der Waals surface area (Å²) in [7, 11) is 0. The maximum atomic E-state index is 12.9. The van der Waals surface area contributed by atoms with Gasteiger partial charge in [0.25, 0.3) is 0 Å². The van der Waals surface area contributed by atoms with Crippen LogP contribution in [0.25, 0.3) is 0 Å². The van der Waals surface area contributed by atoms with Crippen molar-refractivity contribution >= 4 is 11.9 Å². The Balaban J connectivity index is 1.84. The van der Waals surface area contributed by atoms with E-state index in [0.717, 1.165) is 25.9 Å². The van der Waals surface area contributed by atoms with Crippen LogP contribution in [0.4, 0.5) is 13.2 Å². The van der Waals surface area contributed by atoms with Crippen molar-refractivity contribution in [1.82, 2.24) is 20.0 Å². The molecule has 1 amide bonds. The SMILES string of the molecule is CCNC(=NCCC(=O)N1CCCC1)N1CCN(C(C)C(F)(F)F)CC1. The van der Waals surface area contributed by atoms with Crippen molar-refractivity contribution < 1.29 is 18.0 Å². The van der Waals surface area contributed by atoms with Gasteiger partial charge in [0.05, 0.1) is 6.54 Å². The standard InChI is InChI=1S/C17H30F3N5O/c1-3-21-16(22-7-6-15(26)24-8-4-5-9-24)25-12-10-23(11-13-25)14(2)17(18,19)20/h14H,3-13H2,1-2H3,(H,21,22). The molecule has 0 aromatic carbocycles. The molecule has 0 aromatic heterocycles. The Morgan fingerprint density at radius 2 is 1.69 bits per heavy atom. The van der Waals surface area contributed by atoms with Crippen molar-refractivity contribution in [3.8, 4) is 0 Å². The molecule has 2 heterocycles. The van der Waals surface area contributed by atoms with Gasteiger partial charge in [-0.2, -0.15) is 13.2 Å². The van der Waals surface area contributed by atoms with Crippen LogP contribution < -0.4 is 5.32 Å². The number of hydrogen-bond acceptors (Lipinski definition) is 3. The van der Waals surface area contributed by atoms with Gasteiger partial charge in [-0.15, -0.1) is 0 Å². The second-order valence-corrected chi connectivity index (χ2v) is 6.81. The first-order valence-electron chi connectivity index (χ1n) is 9.44. The Labute approximate surface area is 153 Å². The molecule has 2 aliphatic rings. The minimum Gasteiger partial charge on any atom is -0.357 e. The third-order valence-electron chi connectivity index (χ3n) is 5.02. The molecule has 0 aromatic rings. The van der Waals surface area contributed by atoms with E-state index in [0.29, 0.717) is 51.6 Å². The molecule has 0 saturated carbocycles. The Hall–Kier alpha value is -1.51. The van der Waals surface area contributed by atoms with E-state index < -0.39 is 12.2 Å². The van der Waals surface area contributed by atoms with E-state index in [2.05, 4.69) is 10.3 Å². The lowest BCUT2D eigenvalue weighted by Crippen LogP contribution is -2.56. The number of carbonyl (C=O) groups excluding carboxylic acids is 1. The van der Waals surface area contributed by atoms with Gasteiger partial charge in [-0.1, -0.05) is 0 Å². The van der Waals surface area contributed by atoms with Crippen LogP contribution in [0.5, 0.6) is 0 Å². The van der Waals surface area contributed by atoms with Crippen molar-refractivity contribution in [3.63, 3.8) is 0 Å². The molecule has 2 aliphatic heterocycles. The highest BCUT2D eigenvalue weighted by molar-refractivity contribution is 5.81. The fourth-order valence-corrected chi connectivity index (χ4v) is 3.34. The first kappa shape index (κ1) is 20.8. The van der Waals surface area contributed by atoms with Crippen molar-refractivity contribution in [3.05, 3.63) is 0 Å². The lowest BCUT2D eigenvalue weighted by atomic mass is 10.2. The summed E-state index contributed by atoms with van der Waals surface area (Å²) in [5.74, 6) is 0.812. The topological polar surface area (TPSA) is 51.2 Å². The molecule has 26 heavy (non-hydrogen) atoms. The second-order valence-electron chi connectivity index (χ2n) is 6.81. The summed E-state index contributed by atoms with van der Waals surface area (Å²) in [5.41, 5.74) is 0. The summed E-state index contributed by atoms with van der Waals surface area (Å²) >= 11 is 0. The van der Waals surface area contributed by atoms with Crippen LogP contribution in [0.3, 0.4) is 0 Å². The third-order valence-corrected chi connectivity index (χ3v) is 5.02. The van der Waals surface area contributed by atoms with Gasteiger partial charge in [-0.25, -0.2) is 0 Å². The molecule has 1 unspecified atom stereocenters. The van der Waals surface area contributed by atoms with Crippen LogP contribution in [-0.2, 0) is 4.79 Å². The summed E-state index contributed by atoms with van der Waals surface area (Å²) in [4.78, 5) is 21.9. The number of nitrogens with zero attached hydrogens (tertiary/aromatic N) is 4. The maximum absolute atomic E-state index is 12.9. The zero-order valence-electron chi connectivity index (χ0n) is 15.7. The minimum atomic E-state index is -4.20. The van der Waals surface area contributed by atoms with Crippen LogP contribution in [-0.4, -0.2) is 91.1 Å². The number of nitrogens with one attached hydrogen (secondary N) is 1. The van der Waals surface area contributed by atoms with Crippen LogP contribution >= 0.6 is 0 Å². The number of alkyl halides is 3. The zero-order valence-corrected chi connectivity index (χ0v) is 15.7. The maximum Gasteiger partial charge on any atom is 0.403 e. The molecule has 0 bridgehead atoms. The summed E-state index contributed by atoms with van der Waals surface area (Å²) in [6, 6.07) is -1.43. The Bertz CT molecular complexity index is 483. The predicted octanol–water partition coefficient (Wildman–Crippen LogP) is 1.53. The van der Waals surface area contributed by atoms with Crippen LogP contribution in [0.2, 0.25) is 0 Å². The molecule has 6 nitrogen and oxygen atoms in total.